The van der Waals surface area contributed by atoms with Gasteiger partial charge < -0.3 is 9.72 Å². The van der Waals surface area contributed by atoms with E-state index < -0.39 is 0 Å². The monoisotopic (exact) mass is 541 g/mol. The standard InChI is InChI=1S/C31H39N7O2/c1-3-22-12-13-28-24(18-22)20-27(31(39)32-28)29(30-33-34-35-38(30)25-9-5-4-6-10-25)37-16-14-36(15-17-37)21-23-8-7-11-26(19-23)40-2/h7-8,11-13,18-20,25,29H,3-6,9-10,14-17,21H2,1-2H3,(H,32,39)/t29-/m1/s1. The van der Waals surface area contributed by atoms with Gasteiger partial charge in [0.15, 0.2) is 5.82 Å². The molecule has 0 bridgehead atoms. The number of methoxy groups -OCH3 is 1. The number of rotatable bonds is 8. The first-order chi connectivity index (χ1) is 19.6. The highest BCUT2D eigenvalue weighted by Crippen LogP contribution is 2.33. The molecule has 2 fully saturated rings. The van der Waals surface area contributed by atoms with Gasteiger partial charge in [-0.05, 0) is 76.5 Å². The fourth-order valence-corrected chi connectivity index (χ4v) is 6.37. The summed E-state index contributed by atoms with van der Waals surface area (Å²) < 4.78 is 7.45. The van der Waals surface area contributed by atoms with Crippen molar-refractivity contribution < 1.29 is 4.74 Å². The number of fused-ring (bicyclic) bond motifs is 1. The van der Waals surface area contributed by atoms with Gasteiger partial charge in [0.05, 0.1) is 13.2 Å². The number of hydrogen-bond donors (Lipinski definition) is 1. The van der Waals surface area contributed by atoms with Crippen molar-refractivity contribution in [1.82, 2.24) is 35.0 Å². The molecule has 9 nitrogen and oxygen atoms in total. The highest BCUT2D eigenvalue weighted by molar-refractivity contribution is 5.80. The molecule has 1 saturated carbocycles. The molecule has 2 aromatic heterocycles. The highest BCUT2D eigenvalue weighted by atomic mass is 16.5. The Morgan fingerprint density at radius 3 is 2.60 bits per heavy atom. The highest BCUT2D eigenvalue weighted by Gasteiger charge is 2.34. The van der Waals surface area contributed by atoms with E-state index in [1.807, 2.05) is 22.9 Å². The Hall–Kier alpha value is -3.56. The molecule has 210 valence electrons. The van der Waals surface area contributed by atoms with Crippen molar-refractivity contribution in [3.8, 4) is 5.75 Å². The number of nitrogens with one attached hydrogen (secondary N) is 1. The average molecular weight is 542 g/mol. The molecule has 0 spiro atoms. The lowest BCUT2D eigenvalue weighted by atomic mass is 9.95. The van der Waals surface area contributed by atoms with Gasteiger partial charge in [-0.3, -0.25) is 14.6 Å². The van der Waals surface area contributed by atoms with E-state index in [1.165, 1.54) is 30.4 Å². The van der Waals surface area contributed by atoms with Gasteiger partial charge in [0, 0.05) is 43.8 Å². The van der Waals surface area contributed by atoms with E-state index in [4.69, 9.17) is 4.74 Å². The zero-order valence-electron chi connectivity index (χ0n) is 23.6. The maximum absolute atomic E-state index is 13.6. The summed E-state index contributed by atoms with van der Waals surface area (Å²) >= 11 is 0. The lowest BCUT2D eigenvalue weighted by molar-refractivity contribution is 0.0982. The molecule has 3 heterocycles. The van der Waals surface area contributed by atoms with Crippen LogP contribution in [0.15, 0.2) is 53.3 Å². The molecule has 9 heteroatoms. The molecule has 2 aromatic carbocycles. The number of H-pyrrole nitrogens is 1. The minimum Gasteiger partial charge on any atom is -0.497 e. The Bertz CT molecular complexity index is 1500. The molecule has 0 amide bonds. The van der Waals surface area contributed by atoms with Crippen molar-refractivity contribution in [1.29, 1.82) is 0 Å². The molecule has 6 rings (SSSR count). The van der Waals surface area contributed by atoms with Crippen molar-refractivity contribution in [3.05, 3.63) is 81.4 Å². The van der Waals surface area contributed by atoms with Crippen molar-refractivity contribution in [3.63, 3.8) is 0 Å². The number of aromatic amines is 1. The van der Waals surface area contributed by atoms with Crippen LogP contribution in [-0.2, 0) is 13.0 Å². The van der Waals surface area contributed by atoms with Crippen LogP contribution >= 0.6 is 0 Å². The summed E-state index contributed by atoms with van der Waals surface area (Å²) in [5.74, 6) is 1.66. The second kappa shape index (κ2) is 11.9. The minimum absolute atomic E-state index is 0.0706. The normalized spacial score (nSPS) is 18.2. The molecule has 0 unspecified atom stereocenters. The van der Waals surface area contributed by atoms with Crippen LogP contribution in [0.4, 0.5) is 0 Å². The van der Waals surface area contributed by atoms with Crippen LogP contribution in [0.5, 0.6) is 5.75 Å². The lowest BCUT2D eigenvalue weighted by Gasteiger charge is -2.39. The van der Waals surface area contributed by atoms with E-state index in [-0.39, 0.29) is 17.6 Å². The Labute approximate surface area is 235 Å². The van der Waals surface area contributed by atoms with E-state index >= 15 is 0 Å². The predicted molar refractivity (Wildman–Crippen MR) is 156 cm³/mol. The van der Waals surface area contributed by atoms with Crippen molar-refractivity contribution in [2.45, 2.75) is 64.1 Å². The van der Waals surface area contributed by atoms with E-state index in [0.717, 1.165) is 74.5 Å². The Kier molecular flexibility index (Phi) is 7.93. The molecule has 40 heavy (non-hydrogen) atoms. The average Bonchev–Trinajstić information content (AvgIpc) is 3.48. The van der Waals surface area contributed by atoms with Crippen LogP contribution in [0.1, 0.15) is 73.6 Å². The number of aromatic nitrogens is 5. The van der Waals surface area contributed by atoms with Gasteiger partial charge in [-0.1, -0.05) is 44.4 Å². The minimum atomic E-state index is -0.311. The molecular formula is C31H39N7O2. The van der Waals surface area contributed by atoms with Crippen molar-refractivity contribution in [2.75, 3.05) is 33.3 Å². The van der Waals surface area contributed by atoms with Crippen LogP contribution in [0, 0.1) is 0 Å². The molecule has 2 aliphatic rings. The van der Waals surface area contributed by atoms with Gasteiger partial charge in [0.2, 0.25) is 0 Å². The maximum Gasteiger partial charge on any atom is 0.253 e. The van der Waals surface area contributed by atoms with E-state index in [9.17, 15) is 4.79 Å². The summed E-state index contributed by atoms with van der Waals surface area (Å²) in [6, 6.07) is 16.6. The van der Waals surface area contributed by atoms with Crippen LogP contribution in [0.3, 0.4) is 0 Å². The molecule has 0 radical (unpaired) electrons. The van der Waals surface area contributed by atoms with Crippen molar-refractivity contribution in [2.24, 2.45) is 0 Å². The van der Waals surface area contributed by atoms with Crippen LogP contribution in [0.2, 0.25) is 0 Å². The molecule has 1 N–H and O–H groups in total. The summed E-state index contributed by atoms with van der Waals surface area (Å²) in [5.41, 5.74) is 4.00. The smallest absolute Gasteiger partial charge is 0.253 e. The van der Waals surface area contributed by atoms with Crippen LogP contribution < -0.4 is 10.3 Å². The van der Waals surface area contributed by atoms with E-state index in [1.54, 1.807) is 7.11 Å². The molecule has 1 aliphatic heterocycles. The SMILES string of the molecule is CCc1ccc2[nH]c(=O)c([C@H](c3nnnn3C3CCCCC3)N3CCN(Cc4cccc(OC)c4)CC3)cc2c1. The number of benzene rings is 2. The van der Waals surface area contributed by atoms with E-state index in [0.29, 0.717) is 5.56 Å². The zero-order valence-corrected chi connectivity index (χ0v) is 23.6. The maximum atomic E-state index is 13.6. The first kappa shape index (κ1) is 26.7. The van der Waals surface area contributed by atoms with Gasteiger partial charge >= 0.3 is 0 Å². The molecule has 1 atom stereocenters. The van der Waals surface area contributed by atoms with Gasteiger partial charge in [-0.25, -0.2) is 4.68 Å². The van der Waals surface area contributed by atoms with Gasteiger partial charge in [-0.2, -0.15) is 0 Å². The van der Waals surface area contributed by atoms with Gasteiger partial charge in [0.25, 0.3) is 5.56 Å². The van der Waals surface area contributed by atoms with Crippen molar-refractivity contribution >= 4 is 10.9 Å². The third-order valence-electron chi connectivity index (χ3n) is 8.64. The number of piperazine rings is 1. The predicted octanol–water partition coefficient (Wildman–Crippen LogP) is 4.50. The second-order valence-electron chi connectivity index (χ2n) is 11.2. The number of nitrogens with zero attached hydrogens (tertiary/aromatic N) is 6. The summed E-state index contributed by atoms with van der Waals surface area (Å²) in [7, 11) is 1.70. The second-order valence-corrected chi connectivity index (χ2v) is 11.2. The van der Waals surface area contributed by atoms with Gasteiger partial charge in [-0.15, -0.1) is 5.10 Å². The Morgan fingerprint density at radius 2 is 1.82 bits per heavy atom. The molecule has 1 saturated heterocycles. The summed E-state index contributed by atoms with van der Waals surface area (Å²) in [6.07, 6.45) is 6.74. The topological polar surface area (TPSA) is 92.2 Å². The number of hydrogen-bond acceptors (Lipinski definition) is 7. The number of ether oxygens (including phenoxy) is 1. The third kappa shape index (κ3) is 5.53. The summed E-state index contributed by atoms with van der Waals surface area (Å²) in [4.78, 5) is 21.7. The first-order valence-corrected chi connectivity index (χ1v) is 14.7. The Morgan fingerprint density at radius 1 is 1.00 bits per heavy atom. The fraction of sp³-hybridized carbons (Fsp3) is 0.484. The fourth-order valence-electron chi connectivity index (χ4n) is 6.37. The van der Waals surface area contributed by atoms with E-state index in [2.05, 4.69) is 67.6 Å². The molecular weight excluding hydrogens is 502 g/mol. The summed E-state index contributed by atoms with van der Waals surface area (Å²) in [5, 5.41) is 14.3. The first-order valence-electron chi connectivity index (χ1n) is 14.7. The van der Waals surface area contributed by atoms with Gasteiger partial charge in [0.1, 0.15) is 11.8 Å². The number of aryl methyl sites for hydroxylation is 1. The molecule has 4 aromatic rings. The number of pyridine rings is 1. The van der Waals surface area contributed by atoms with Crippen LogP contribution in [-0.4, -0.2) is 68.3 Å². The quantitative estimate of drug-likeness (QED) is 0.351. The zero-order chi connectivity index (χ0) is 27.5. The lowest BCUT2D eigenvalue weighted by Crippen LogP contribution is -2.48. The largest absolute Gasteiger partial charge is 0.497 e. The van der Waals surface area contributed by atoms with Crippen LogP contribution in [0.25, 0.3) is 10.9 Å². The number of tetrazole rings is 1. The molecule has 1 aliphatic carbocycles. The third-order valence-corrected chi connectivity index (χ3v) is 8.64. The summed E-state index contributed by atoms with van der Waals surface area (Å²) in [6.45, 7) is 6.44. The Balaban J connectivity index is 1.33.